The molecule has 0 aromatic heterocycles. The number of benzene rings is 1. The average molecular weight is 282 g/mol. The van der Waals surface area contributed by atoms with Gasteiger partial charge >= 0.3 is 0 Å². The van der Waals surface area contributed by atoms with E-state index in [1.54, 1.807) is 0 Å². The summed E-state index contributed by atoms with van der Waals surface area (Å²) in [6.45, 7) is 8.83. The Bertz CT molecular complexity index is 427. The van der Waals surface area contributed by atoms with E-state index in [0.717, 1.165) is 10.0 Å². The van der Waals surface area contributed by atoms with Crippen molar-refractivity contribution >= 4 is 15.9 Å². The Kier molecular flexibility index (Phi) is 3.98. The summed E-state index contributed by atoms with van der Waals surface area (Å²) in [4.78, 5) is 0. The van der Waals surface area contributed by atoms with Gasteiger partial charge in [-0.3, -0.25) is 0 Å². The van der Waals surface area contributed by atoms with Crippen molar-refractivity contribution < 1.29 is 4.74 Å². The molecule has 0 heterocycles. The van der Waals surface area contributed by atoms with Crippen LogP contribution in [0, 0.1) is 11.3 Å². The minimum Gasteiger partial charge on any atom is -0.491 e. The van der Waals surface area contributed by atoms with E-state index in [-0.39, 0.29) is 5.41 Å². The van der Waals surface area contributed by atoms with E-state index in [1.165, 1.54) is 0 Å². The summed E-state index contributed by atoms with van der Waals surface area (Å²) in [6.07, 6.45) is 0. The predicted octanol–water partition coefficient (Wildman–Crippen LogP) is 4.02. The fourth-order valence-electron chi connectivity index (χ4n) is 1.40. The molecule has 3 heteroatoms. The van der Waals surface area contributed by atoms with Gasteiger partial charge in [0.05, 0.1) is 16.6 Å². The van der Waals surface area contributed by atoms with Crippen LogP contribution < -0.4 is 4.74 Å². The molecule has 1 rings (SSSR count). The Morgan fingerprint density at radius 2 is 2.00 bits per heavy atom. The van der Waals surface area contributed by atoms with Crippen molar-refractivity contribution in [3.05, 3.63) is 27.7 Å². The first kappa shape index (κ1) is 13.1. The van der Waals surface area contributed by atoms with Crippen LogP contribution in [-0.2, 0) is 5.41 Å². The van der Waals surface area contributed by atoms with E-state index in [1.807, 2.05) is 19.1 Å². The normalized spacial score (nSPS) is 11.0. The molecule has 0 N–H and O–H groups in total. The number of nitriles is 1. The average Bonchev–Trinajstić information content (AvgIpc) is 2.19. The van der Waals surface area contributed by atoms with Crippen LogP contribution in [0.15, 0.2) is 16.6 Å². The Balaban J connectivity index is 3.34. The Hall–Kier alpha value is -1.01. The second-order valence-electron chi connectivity index (χ2n) is 4.63. The summed E-state index contributed by atoms with van der Waals surface area (Å²) in [6, 6.07) is 6.10. The smallest absolute Gasteiger partial charge is 0.151 e. The molecule has 0 unspecified atom stereocenters. The molecule has 1 aromatic carbocycles. The van der Waals surface area contributed by atoms with Gasteiger partial charge in [-0.1, -0.05) is 20.8 Å². The maximum absolute atomic E-state index is 9.11. The highest BCUT2D eigenvalue weighted by Gasteiger charge is 2.18. The summed E-state index contributed by atoms with van der Waals surface area (Å²) in [5.74, 6) is 0.637. The van der Waals surface area contributed by atoms with Crippen LogP contribution in [-0.4, -0.2) is 6.61 Å². The molecule has 0 aliphatic carbocycles. The SMILES string of the molecule is CCOc1c(Br)cc(C(C)(C)C)cc1C#N. The molecule has 0 spiro atoms. The predicted molar refractivity (Wildman–Crippen MR) is 68.7 cm³/mol. The molecular formula is C13H16BrNO. The zero-order valence-corrected chi connectivity index (χ0v) is 11.7. The molecule has 1 aromatic rings. The summed E-state index contributed by atoms with van der Waals surface area (Å²) in [7, 11) is 0. The minimum absolute atomic E-state index is 0.0267. The summed E-state index contributed by atoms with van der Waals surface area (Å²) >= 11 is 3.46. The molecule has 0 bridgehead atoms. The highest BCUT2D eigenvalue weighted by Crippen LogP contribution is 2.34. The largest absolute Gasteiger partial charge is 0.491 e. The zero-order chi connectivity index (χ0) is 12.3. The van der Waals surface area contributed by atoms with Gasteiger partial charge in [0.25, 0.3) is 0 Å². The molecule has 86 valence electrons. The lowest BCUT2D eigenvalue weighted by atomic mass is 9.86. The molecule has 0 fully saturated rings. The zero-order valence-electron chi connectivity index (χ0n) is 10.1. The van der Waals surface area contributed by atoms with Gasteiger partial charge in [-0.15, -0.1) is 0 Å². The molecule has 0 radical (unpaired) electrons. The maximum Gasteiger partial charge on any atom is 0.151 e. The van der Waals surface area contributed by atoms with E-state index >= 15 is 0 Å². The number of rotatable bonds is 2. The molecule has 0 saturated carbocycles. The standard InChI is InChI=1S/C13H16BrNO/c1-5-16-12-9(8-15)6-10(7-11(12)14)13(2,3)4/h6-7H,5H2,1-4H3. The molecular weight excluding hydrogens is 266 g/mol. The lowest BCUT2D eigenvalue weighted by molar-refractivity contribution is 0.337. The van der Waals surface area contributed by atoms with Gasteiger partial charge in [0.15, 0.2) is 5.75 Å². The second kappa shape index (κ2) is 4.88. The van der Waals surface area contributed by atoms with E-state index in [2.05, 4.69) is 42.8 Å². The first-order valence-corrected chi connectivity index (χ1v) is 6.06. The Morgan fingerprint density at radius 3 is 2.44 bits per heavy atom. The van der Waals surface area contributed by atoms with Crippen LogP contribution in [0.25, 0.3) is 0 Å². The van der Waals surface area contributed by atoms with Gasteiger partial charge < -0.3 is 4.74 Å². The summed E-state index contributed by atoms with van der Waals surface area (Å²) < 4.78 is 6.30. The van der Waals surface area contributed by atoms with E-state index < -0.39 is 0 Å². The summed E-state index contributed by atoms with van der Waals surface area (Å²) in [5, 5.41) is 9.11. The van der Waals surface area contributed by atoms with Crippen LogP contribution in [0.5, 0.6) is 5.75 Å². The van der Waals surface area contributed by atoms with Gasteiger partial charge in [-0.2, -0.15) is 5.26 Å². The lowest BCUT2D eigenvalue weighted by Crippen LogP contribution is -2.12. The number of halogens is 1. The van der Waals surface area contributed by atoms with Gasteiger partial charge in [-0.05, 0) is 46.0 Å². The van der Waals surface area contributed by atoms with Gasteiger partial charge in [0, 0.05) is 0 Å². The first-order chi connectivity index (χ1) is 7.40. The van der Waals surface area contributed by atoms with E-state index in [4.69, 9.17) is 10.00 Å². The van der Waals surface area contributed by atoms with Crippen molar-refractivity contribution in [2.45, 2.75) is 33.1 Å². The van der Waals surface area contributed by atoms with Crippen molar-refractivity contribution in [2.75, 3.05) is 6.61 Å². The maximum atomic E-state index is 9.11. The number of hydrogen-bond acceptors (Lipinski definition) is 2. The molecule has 0 aliphatic rings. The number of hydrogen-bond donors (Lipinski definition) is 0. The third-order valence-electron chi connectivity index (χ3n) is 2.32. The Labute approximate surface area is 105 Å². The fraction of sp³-hybridized carbons (Fsp3) is 0.462. The van der Waals surface area contributed by atoms with Crippen LogP contribution in [0.3, 0.4) is 0 Å². The minimum atomic E-state index is 0.0267. The summed E-state index contributed by atoms with van der Waals surface area (Å²) in [5.41, 5.74) is 1.74. The van der Waals surface area contributed by atoms with Gasteiger partial charge in [-0.25, -0.2) is 0 Å². The van der Waals surface area contributed by atoms with Gasteiger partial charge in [0.1, 0.15) is 6.07 Å². The molecule has 0 saturated heterocycles. The van der Waals surface area contributed by atoms with Crippen molar-refractivity contribution in [2.24, 2.45) is 0 Å². The van der Waals surface area contributed by atoms with Crippen LogP contribution in [0.2, 0.25) is 0 Å². The molecule has 0 aliphatic heterocycles. The van der Waals surface area contributed by atoms with Crippen molar-refractivity contribution in [1.82, 2.24) is 0 Å². The van der Waals surface area contributed by atoms with Crippen LogP contribution >= 0.6 is 15.9 Å². The van der Waals surface area contributed by atoms with Crippen LogP contribution in [0.1, 0.15) is 38.8 Å². The van der Waals surface area contributed by atoms with Crippen molar-refractivity contribution in [1.29, 1.82) is 5.26 Å². The molecule has 0 atom stereocenters. The van der Waals surface area contributed by atoms with E-state index in [0.29, 0.717) is 17.9 Å². The van der Waals surface area contributed by atoms with E-state index in [9.17, 15) is 0 Å². The highest BCUT2D eigenvalue weighted by atomic mass is 79.9. The highest BCUT2D eigenvalue weighted by molar-refractivity contribution is 9.10. The molecule has 2 nitrogen and oxygen atoms in total. The topological polar surface area (TPSA) is 33.0 Å². The van der Waals surface area contributed by atoms with Crippen molar-refractivity contribution in [3.63, 3.8) is 0 Å². The molecule has 16 heavy (non-hydrogen) atoms. The quantitative estimate of drug-likeness (QED) is 0.820. The number of ether oxygens (including phenoxy) is 1. The number of nitrogens with zero attached hydrogens (tertiary/aromatic N) is 1. The fourth-order valence-corrected chi connectivity index (χ4v) is 1.98. The second-order valence-corrected chi connectivity index (χ2v) is 5.48. The monoisotopic (exact) mass is 281 g/mol. The third kappa shape index (κ3) is 2.76. The lowest BCUT2D eigenvalue weighted by Gasteiger charge is -2.21. The molecule has 0 amide bonds. The van der Waals surface area contributed by atoms with Gasteiger partial charge in [0.2, 0.25) is 0 Å². The van der Waals surface area contributed by atoms with Crippen LogP contribution in [0.4, 0.5) is 0 Å². The first-order valence-electron chi connectivity index (χ1n) is 5.27. The third-order valence-corrected chi connectivity index (χ3v) is 2.91. The Morgan fingerprint density at radius 1 is 1.38 bits per heavy atom. The van der Waals surface area contributed by atoms with Crippen molar-refractivity contribution in [3.8, 4) is 11.8 Å².